The lowest BCUT2D eigenvalue weighted by molar-refractivity contribution is -0.139. The van der Waals surface area contributed by atoms with E-state index in [-0.39, 0.29) is 0 Å². The van der Waals surface area contributed by atoms with Crippen LogP contribution in [0.15, 0.2) is 12.7 Å². The molecule has 4 nitrogen and oxygen atoms in total. The molecule has 0 saturated carbocycles. The van der Waals surface area contributed by atoms with Crippen molar-refractivity contribution >= 4 is 46.7 Å². The first kappa shape index (κ1) is 16.0. The predicted octanol–water partition coefficient (Wildman–Crippen LogP) is 1.87. The molecule has 0 heterocycles. The van der Waals surface area contributed by atoms with E-state index in [1.165, 1.54) is 7.11 Å². The van der Waals surface area contributed by atoms with Crippen LogP contribution in [0.3, 0.4) is 0 Å². The number of hydrogen-bond donors (Lipinski definition) is 0. The molecular formula is C7H9Cl3O4. The molecule has 0 saturated heterocycles. The summed E-state index contributed by atoms with van der Waals surface area (Å²) in [5.74, 6) is -1.27. The zero-order chi connectivity index (χ0) is 11.8. The summed E-state index contributed by atoms with van der Waals surface area (Å²) < 4.78 is 6.29. The molecule has 0 aliphatic heterocycles. The molecule has 0 atom stereocenters. The minimum absolute atomic E-state index is 0.394. The second kappa shape index (κ2) is 7.91. The summed E-state index contributed by atoms with van der Waals surface area (Å²) in [5.41, 5.74) is 0. The van der Waals surface area contributed by atoms with Crippen molar-refractivity contribution in [3.8, 4) is 0 Å². The Bertz CT molecular complexity index is 209. The van der Waals surface area contributed by atoms with Gasteiger partial charge in [0.15, 0.2) is 0 Å². The first-order valence-electron chi connectivity index (χ1n) is 3.15. The van der Waals surface area contributed by atoms with E-state index in [0.717, 1.165) is 13.2 Å². The number of carbonyl (C=O) groups is 2. The van der Waals surface area contributed by atoms with Crippen LogP contribution in [0.5, 0.6) is 0 Å². The maximum atomic E-state index is 10.2. The lowest BCUT2D eigenvalue weighted by Crippen LogP contribution is -2.19. The zero-order valence-electron chi connectivity index (χ0n) is 7.55. The van der Waals surface area contributed by atoms with Gasteiger partial charge in [-0.15, -0.1) is 0 Å². The van der Waals surface area contributed by atoms with Gasteiger partial charge in [-0.3, -0.25) is 0 Å². The standard InChI is InChI=1S/C4H6O2.C3H3Cl3O2/c1-3-4(5)6-2;1-8-2(7)3(4,5)6/h3H,1H2,2H3;1H3. The van der Waals surface area contributed by atoms with Crippen molar-refractivity contribution in [3.63, 3.8) is 0 Å². The highest BCUT2D eigenvalue weighted by molar-refractivity contribution is 6.75. The normalized spacial score (nSPS) is 9.21. The molecular weight excluding hydrogens is 254 g/mol. The van der Waals surface area contributed by atoms with Crippen molar-refractivity contribution in [2.45, 2.75) is 3.79 Å². The van der Waals surface area contributed by atoms with E-state index >= 15 is 0 Å². The molecule has 0 bridgehead atoms. The third kappa shape index (κ3) is 9.64. The van der Waals surface area contributed by atoms with Gasteiger partial charge in [0.2, 0.25) is 0 Å². The first-order valence-corrected chi connectivity index (χ1v) is 4.28. The Morgan fingerprint density at radius 3 is 1.64 bits per heavy atom. The zero-order valence-corrected chi connectivity index (χ0v) is 9.82. The highest BCUT2D eigenvalue weighted by atomic mass is 35.6. The number of methoxy groups -OCH3 is 2. The van der Waals surface area contributed by atoms with Gasteiger partial charge in [0.05, 0.1) is 14.2 Å². The van der Waals surface area contributed by atoms with E-state index in [9.17, 15) is 9.59 Å². The maximum Gasteiger partial charge on any atom is 0.358 e. The second-order valence-electron chi connectivity index (χ2n) is 1.72. The molecule has 0 aliphatic carbocycles. The van der Waals surface area contributed by atoms with E-state index < -0.39 is 15.7 Å². The van der Waals surface area contributed by atoms with Gasteiger partial charge >= 0.3 is 11.9 Å². The lowest BCUT2D eigenvalue weighted by Gasteiger charge is -2.05. The van der Waals surface area contributed by atoms with Gasteiger partial charge in [0, 0.05) is 6.08 Å². The Hall–Kier alpha value is -0.450. The predicted molar refractivity (Wildman–Crippen MR) is 54.5 cm³/mol. The Morgan fingerprint density at radius 1 is 1.21 bits per heavy atom. The highest BCUT2D eigenvalue weighted by Crippen LogP contribution is 2.26. The summed E-state index contributed by atoms with van der Waals surface area (Å²) in [6.07, 6.45) is 1.11. The SMILES string of the molecule is C=CC(=O)OC.COC(=O)C(Cl)(Cl)Cl. The summed E-state index contributed by atoms with van der Waals surface area (Å²) in [5, 5.41) is 0. The molecule has 0 aliphatic rings. The van der Waals surface area contributed by atoms with E-state index in [2.05, 4.69) is 16.1 Å². The molecule has 0 N–H and O–H groups in total. The van der Waals surface area contributed by atoms with Crippen molar-refractivity contribution in [2.75, 3.05) is 14.2 Å². The average Bonchev–Trinajstić information content (AvgIpc) is 2.14. The molecule has 0 aromatic rings. The molecule has 0 radical (unpaired) electrons. The number of esters is 2. The fourth-order valence-corrected chi connectivity index (χ4v) is 0.431. The Kier molecular flexibility index (Phi) is 9.04. The number of ether oxygens (including phenoxy) is 2. The molecule has 0 spiro atoms. The van der Waals surface area contributed by atoms with E-state index in [1.807, 2.05) is 0 Å². The van der Waals surface area contributed by atoms with Gasteiger partial charge in [0.25, 0.3) is 3.79 Å². The quantitative estimate of drug-likeness (QED) is 0.412. The highest BCUT2D eigenvalue weighted by Gasteiger charge is 2.31. The van der Waals surface area contributed by atoms with Gasteiger partial charge < -0.3 is 9.47 Å². The summed E-state index contributed by atoms with van der Waals surface area (Å²) >= 11 is 15.1. The topological polar surface area (TPSA) is 52.6 Å². The monoisotopic (exact) mass is 262 g/mol. The van der Waals surface area contributed by atoms with Crippen molar-refractivity contribution in [2.24, 2.45) is 0 Å². The van der Waals surface area contributed by atoms with Crippen LogP contribution in [0.2, 0.25) is 0 Å². The van der Waals surface area contributed by atoms with E-state index in [0.29, 0.717) is 0 Å². The number of hydrogen-bond acceptors (Lipinski definition) is 4. The van der Waals surface area contributed by atoms with Crippen LogP contribution >= 0.6 is 34.8 Å². The molecule has 0 aromatic carbocycles. The lowest BCUT2D eigenvalue weighted by atomic mass is 10.7. The van der Waals surface area contributed by atoms with Crippen molar-refractivity contribution in [1.82, 2.24) is 0 Å². The molecule has 82 valence electrons. The van der Waals surface area contributed by atoms with Gasteiger partial charge in [-0.05, 0) is 0 Å². The van der Waals surface area contributed by atoms with Crippen LogP contribution in [0, 0.1) is 0 Å². The van der Waals surface area contributed by atoms with Gasteiger partial charge in [-0.25, -0.2) is 9.59 Å². The van der Waals surface area contributed by atoms with Crippen molar-refractivity contribution in [1.29, 1.82) is 0 Å². The summed E-state index contributed by atoms with van der Waals surface area (Å²) in [7, 11) is 2.45. The Labute approximate surface area is 96.7 Å². The molecule has 0 aromatic heterocycles. The average molecular weight is 264 g/mol. The van der Waals surface area contributed by atoms with Crippen molar-refractivity contribution in [3.05, 3.63) is 12.7 Å². The summed E-state index contributed by atoms with van der Waals surface area (Å²) in [6, 6.07) is 0. The van der Waals surface area contributed by atoms with Gasteiger partial charge in [-0.1, -0.05) is 41.4 Å². The second-order valence-corrected chi connectivity index (χ2v) is 4.00. The summed E-state index contributed by atoms with van der Waals surface area (Å²) in [4.78, 5) is 20.1. The van der Waals surface area contributed by atoms with E-state index in [4.69, 9.17) is 34.8 Å². The largest absolute Gasteiger partial charge is 0.466 e. The Balaban J connectivity index is 0. The van der Waals surface area contributed by atoms with Crippen LogP contribution in [-0.4, -0.2) is 30.0 Å². The number of halogens is 3. The molecule has 14 heavy (non-hydrogen) atoms. The van der Waals surface area contributed by atoms with Crippen molar-refractivity contribution < 1.29 is 19.1 Å². The smallest absolute Gasteiger partial charge is 0.358 e. The minimum Gasteiger partial charge on any atom is -0.466 e. The third-order valence-electron chi connectivity index (χ3n) is 0.785. The fourth-order valence-electron chi connectivity index (χ4n) is 0.199. The third-order valence-corrected chi connectivity index (χ3v) is 1.25. The van der Waals surface area contributed by atoms with Crippen LogP contribution in [0.25, 0.3) is 0 Å². The van der Waals surface area contributed by atoms with Crippen LogP contribution in [-0.2, 0) is 19.1 Å². The van der Waals surface area contributed by atoms with Crippen LogP contribution in [0.4, 0.5) is 0 Å². The first-order chi connectivity index (χ1) is 6.29. The van der Waals surface area contributed by atoms with Gasteiger partial charge in [0.1, 0.15) is 0 Å². The maximum absolute atomic E-state index is 10.2. The number of carbonyl (C=O) groups excluding carboxylic acids is 2. The molecule has 0 fully saturated rings. The van der Waals surface area contributed by atoms with Gasteiger partial charge in [-0.2, -0.15) is 0 Å². The number of rotatable bonds is 1. The molecule has 0 amide bonds. The summed E-state index contributed by atoms with van der Waals surface area (Å²) in [6.45, 7) is 3.16. The number of alkyl halides is 3. The molecule has 7 heteroatoms. The Morgan fingerprint density at radius 2 is 1.64 bits per heavy atom. The fraction of sp³-hybridized carbons (Fsp3) is 0.429. The van der Waals surface area contributed by atoms with Crippen LogP contribution in [0.1, 0.15) is 0 Å². The minimum atomic E-state index is -1.94. The molecule has 0 rings (SSSR count). The van der Waals surface area contributed by atoms with E-state index in [1.54, 1.807) is 0 Å². The molecule has 0 unspecified atom stereocenters. The van der Waals surface area contributed by atoms with Crippen LogP contribution < -0.4 is 0 Å².